The number of aromatic nitrogens is 4. The zero-order chi connectivity index (χ0) is 23.2. The minimum absolute atomic E-state index is 0.220. The number of hydrogen-bond acceptors (Lipinski definition) is 3. The molecular weight excluding hydrogens is 434 g/mol. The Kier molecular flexibility index (Phi) is 5.19. The van der Waals surface area contributed by atoms with Gasteiger partial charge >= 0.3 is 0 Å². The molecule has 0 amide bonds. The third kappa shape index (κ3) is 4.22. The molecular formula is C24H21F4N5. The SMILES string of the molecule is C=C(Nc1c[nH]c2cc(F)ccc12)c1cn(-c2cnc(C3CCC(F)(F)CC3)c(F)c2)cn1. The van der Waals surface area contributed by atoms with E-state index in [1.54, 1.807) is 23.0 Å². The number of imidazole rings is 1. The Hall–Kier alpha value is -3.62. The lowest BCUT2D eigenvalue weighted by molar-refractivity contribution is -0.0387. The number of aromatic amines is 1. The number of H-pyrrole nitrogens is 1. The van der Waals surface area contributed by atoms with Crippen LogP contribution in [0.25, 0.3) is 22.3 Å². The number of nitrogens with zero attached hydrogens (tertiary/aromatic N) is 3. The molecule has 1 aliphatic rings. The van der Waals surface area contributed by atoms with Gasteiger partial charge in [-0.2, -0.15) is 0 Å². The third-order valence-corrected chi connectivity index (χ3v) is 6.08. The summed E-state index contributed by atoms with van der Waals surface area (Å²) >= 11 is 0. The third-order valence-electron chi connectivity index (χ3n) is 6.08. The second-order valence-corrected chi connectivity index (χ2v) is 8.35. The van der Waals surface area contributed by atoms with Crippen molar-refractivity contribution in [1.29, 1.82) is 0 Å². The highest BCUT2D eigenvalue weighted by atomic mass is 19.3. The summed E-state index contributed by atoms with van der Waals surface area (Å²) in [5.74, 6) is -3.81. The van der Waals surface area contributed by atoms with Gasteiger partial charge in [-0.3, -0.25) is 4.98 Å². The molecule has 1 saturated carbocycles. The minimum Gasteiger partial charge on any atom is -0.359 e. The molecule has 9 heteroatoms. The van der Waals surface area contributed by atoms with Crippen molar-refractivity contribution in [3.8, 4) is 5.69 Å². The van der Waals surface area contributed by atoms with Crippen molar-refractivity contribution in [3.63, 3.8) is 0 Å². The number of pyridine rings is 1. The molecule has 0 spiro atoms. The van der Waals surface area contributed by atoms with Crippen molar-refractivity contribution in [1.82, 2.24) is 19.5 Å². The number of hydrogen-bond donors (Lipinski definition) is 2. The number of alkyl halides is 2. The Morgan fingerprint density at radius 3 is 2.70 bits per heavy atom. The maximum Gasteiger partial charge on any atom is 0.248 e. The summed E-state index contributed by atoms with van der Waals surface area (Å²) in [6.45, 7) is 4.01. The molecule has 3 heterocycles. The van der Waals surface area contributed by atoms with E-state index in [2.05, 4.69) is 26.8 Å². The lowest BCUT2D eigenvalue weighted by atomic mass is 9.84. The molecule has 2 N–H and O–H groups in total. The minimum atomic E-state index is -2.67. The maximum absolute atomic E-state index is 14.8. The van der Waals surface area contributed by atoms with Crippen LogP contribution in [0.1, 0.15) is 43.0 Å². The molecule has 0 aliphatic heterocycles. The summed E-state index contributed by atoms with van der Waals surface area (Å²) in [6.07, 6.45) is 6.38. The van der Waals surface area contributed by atoms with Gasteiger partial charge < -0.3 is 14.9 Å². The fourth-order valence-electron chi connectivity index (χ4n) is 4.24. The van der Waals surface area contributed by atoms with E-state index in [4.69, 9.17) is 0 Å². The molecule has 1 aliphatic carbocycles. The van der Waals surface area contributed by atoms with E-state index in [-0.39, 0.29) is 43.1 Å². The van der Waals surface area contributed by atoms with Crippen LogP contribution in [0.4, 0.5) is 23.2 Å². The van der Waals surface area contributed by atoms with Crippen LogP contribution in [0.3, 0.4) is 0 Å². The number of rotatable bonds is 5. The Balaban J connectivity index is 1.32. The van der Waals surface area contributed by atoms with Crippen molar-refractivity contribution < 1.29 is 17.6 Å². The van der Waals surface area contributed by atoms with E-state index in [1.807, 2.05) is 0 Å². The number of benzene rings is 1. The summed E-state index contributed by atoms with van der Waals surface area (Å²) < 4.78 is 56.6. The second-order valence-electron chi connectivity index (χ2n) is 8.35. The highest BCUT2D eigenvalue weighted by Crippen LogP contribution is 2.41. The lowest BCUT2D eigenvalue weighted by Gasteiger charge is -2.28. The average Bonchev–Trinajstić information content (AvgIpc) is 3.42. The van der Waals surface area contributed by atoms with Gasteiger partial charge in [0, 0.05) is 42.6 Å². The molecule has 33 heavy (non-hydrogen) atoms. The summed E-state index contributed by atoms with van der Waals surface area (Å²) in [6, 6.07) is 5.79. The molecule has 3 aromatic heterocycles. The van der Waals surface area contributed by atoms with Crippen molar-refractivity contribution in [2.75, 3.05) is 5.32 Å². The predicted octanol–water partition coefficient (Wildman–Crippen LogP) is 6.40. The highest BCUT2D eigenvalue weighted by molar-refractivity contribution is 5.95. The molecule has 1 fully saturated rings. The number of fused-ring (bicyclic) bond motifs is 1. The number of anilines is 1. The van der Waals surface area contributed by atoms with Gasteiger partial charge in [0.15, 0.2) is 0 Å². The van der Waals surface area contributed by atoms with Gasteiger partial charge in [0.25, 0.3) is 0 Å². The highest BCUT2D eigenvalue weighted by Gasteiger charge is 2.36. The van der Waals surface area contributed by atoms with Gasteiger partial charge in [-0.05, 0) is 31.0 Å². The molecule has 0 saturated heterocycles. The first-order chi connectivity index (χ1) is 15.8. The summed E-state index contributed by atoms with van der Waals surface area (Å²) in [4.78, 5) is 11.6. The van der Waals surface area contributed by atoms with Crippen molar-refractivity contribution in [2.24, 2.45) is 0 Å². The van der Waals surface area contributed by atoms with E-state index >= 15 is 0 Å². The van der Waals surface area contributed by atoms with Gasteiger partial charge in [0.2, 0.25) is 5.92 Å². The Morgan fingerprint density at radius 2 is 1.94 bits per heavy atom. The van der Waals surface area contributed by atoms with Gasteiger partial charge in [0.1, 0.15) is 23.7 Å². The fourth-order valence-corrected chi connectivity index (χ4v) is 4.24. The van der Waals surface area contributed by atoms with E-state index < -0.39 is 11.7 Å². The lowest BCUT2D eigenvalue weighted by Crippen LogP contribution is -2.24. The van der Waals surface area contributed by atoms with Crippen LogP contribution >= 0.6 is 0 Å². The van der Waals surface area contributed by atoms with Gasteiger partial charge in [-0.1, -0.05) is 6.58 Å². The first-order valence-electron chi connectivity index (χ1n) is 10.6. The van der Waals surface area contributed by atoms with Crippen LogP contribution < -0.4 is 5.32 Å². The van der Waals surface area contributed by atoms with Crippen molar-refractivity contribution in [2.45, 2.75) is 37.5 Å². The second kappa shape index (κ2) is 8.06. The Morgan fingerprint density at radius 1 is 1.15 bits per heavy atom. The summed E-state index contributed by atoms with van der Waals surface area (Å²) in [5.41, 5.74) is 3.11. The van der Waals surface area contributed by atoms with Gasteiger partial charge in [-0.15, -0.1) is 0 Å². The standard InChI is InChI=1S/C24H21F4N5/c1-14(32-21-11-29-20-8-16(25)2-3-18(20)21)22-12-33(13-31-22)17-9-19(26)23(30-10-17)15-4-6-24(27,28)7-5-15/h2-3,8-13,15,29,32H,1,4-7H2. The first kappa shape index (κ1) is 21.2. The normalized spacial score (nSPS) is 16.2. The number of halogens is 4. The maximum atomic E-state index is 14.8. The van der Waals surface area contributed by atoms with E-state index in [0.717, 1.165) is 11.1 Å². The fraction of sp³-hybridized carbons (Fsp3) is 0.250. The first-order valence-corrected chi connectivity index (χ1v) is 10.6. The molecule has 4 aromatic rings. The predicted molar refractivity (Wildman–Crippen MR) is 118 cm³/mol. The van der Waals surface area contributed by atoms with E-state index in [0.29, 0.717) is 22.6 Å². The van der Waals surface area contributed by atoms with E-state index in [9.17, 15) is 17.6 Å². The van der Waals surface area contributed by atoms with Crippen LogP contribution in [-0.2, 0) is 0 Å². The largest absolute Gasteiger partial charge is 0.359 e. The Bertz CT molecular complexity index is 1330. The van der Waals surface area contributed by atoms with Crippen molar-refractivity contribution in [3.05, 3.63) is 78.8 Å². The molecule has 5 rings (SSSR count). The van der Waals surface area contributed by atoms with E-state index in [1.165, 1.54) is 30.7 Å². The van der Waals surface area contributed by atoms with Crippen LogP contribution in [0.5, 0.6) is 0 Å². The van der Waals surface area contributed by atoms with Crippen molar-refractivity contribution >= 4 is 22.3 Å². The number of nitrogens with one attached hydrogen (secondary N) is 2. The average molecular weight is 455 g/mol. The summed E-state index contributed by atoms with van der Waals surface area (Å²) in [5, 5.41) is 3.97. The van der Waals surface area contributed by atoms with Gasteiger partial charge in [-0.25, -0.2) is 22.5 Å². The van der Waals surface area contributed by atoms with Crippen LogP contribution in [0.2, 0.25) is 0 Å². The molecule has 170 valence electrons. The molecule has 0 bridgehead atoms. The van der Waals surface area contributed by atoms with Crippen LogP contribution in [-0.4, -0.2) is 25.4 Å². The molecule has 1 aromatic carbocycles. The Labute approximate surface area is 187 Å². The zero-order valence-corrected chi connectivity index (χ0v) is 17.6. The smallest absolute Gasteiger partial charge is 0.248 e. The summed E-state index contributed by atoms with van der Waals surface area (Å²) in [7, 11) is 0. The van der Waals surface area contributed by atoms with Crippen LogP contribution in [0.15, 0.2) is 55.8 Å². The van der Waals surface area contributed by atoms with Crippen LogP contribution in [0, 0.1) is 11.6 Å². The van der Waals surface area contributed by atoms with Gasteiger partial charge in [0.05, 0.1) is 34.5 Å². The zero-order valence-electron chi connectivity index (χ0n) is 17.6. The molecule has 0 radical (unpaired) electrons. The molecule has 0 unspecified atom stereocenters. The molecule has 5 nitrogen and oxygen atoms in total. The monoisotopic (exact) mass is 455 g/mol. The quantitative estimate of drug-likeness (QED) is 0.342. The topological polar surface area (TPSA) is 58.5 Å². The molecule has 0 atom stereocenters.